The van der Waals surface area contributed by atoms with E-state index in [1.54, 1.807) is 38.5 Å². The predicted molar refractivity (Wildman–Crippen MR) is 92.2 cm³/mol. The lowest BCUT2D eigenvalue weighted by Gasteiger charge is -2.13. The highest BCUT2D eigenvalue weighted by atomic mass is 16.5. The van der Waals surface area contributed by atoms with Gasteiger partial charge in [-0.3, -0.25) is 4.79 Å². The Morgan fingerprint density at radius 2 is 1.88 bits per heavy atom. The third kappa shape index (κ3) is 4.34. The molecule has 2 rings (SSSR count). The monoisotopic (exact) mass is 330 g/mol. The molecule has 0 bridgehead atoms. The molecule has 0 unspecified atom stereocenters. The maximum Gasteiger partial charge on any atom is 0.270 e. The minimum absolute atomic E-state index is 0.0302. The average Bonchev–Trinajstić information content (AvgIpc) is 2.53. The zero-order valence-corrected chi connectivity index (χ0v) is 14.5. The molecule has 0 aliphatic heterocycles. The third-order valence-corrected chi connectivity index (χ3v) is 3.16. The molecule has 0 aliphatic carbocycles. The molecule has 1 amide bonds. The molecule has 1 aromatic heterocycles. The van der Waals surface area contributed by atoms with E-state index in [0.717, 1.165) is 0 Å². The van der Waals surface area contributed by atoms with Crippen LogP contribution in [0, 0.1) is 6.92 Å². The Kier molecular flexibility index (Phi) is 5.57. The number of methoxy groups -OCH3 is 2. The molecule has 7 heteroatoms. The SMILES string of the molecule is COc1ccc(OC)c(Nc2nc(C)cc(C(=O)NC(C)C)n2)c1. The Bertz CT molecular complexity index is 732. The maximum absolute atomic E-state index is 12.2. The van der Waals surface area contributed by atoms with Crippen molar-refractivity contribution in [1.29, 1.82) is 0 Å². The highest BCUT2D eigenvalue weighted by Gasteiger charge is 2.13. The Hall–Kier alpha value is -2.83. The van der Waals surface area contributed by atoms with Crippen LogP contribution >= 0.6 is 0 Å². The molecule has 7 nitrogen and oxygen atoms in total. The Morgan fingerprint density at radius 3 is 2.50 bits per heavy atom. The largest absolute Gasteiger partial charge is 0.497 e. The van der Waals surface area contributed by atoms with Crippen LogP contribution in [0.15, 0.2) is 24.3 Å². The number of hydrogen-bond donors (Lipinski definition) is 2. The van der Waals surface area contributed by atoms with Gasteiger partial charge in [0, 0.05) is 17.8 Å². The smallest absolute Gasteiger partial charge is 0.270 e. The molecule has 0 atom stereocenters. The lowest BCUT2D eigenvalue weighted by atomic mass is 10.2. The Balaban J connectivity index is 2.33. The number of anilines is 2. The summed E-state index contributed by atoms with van der Waals surface area (Å²) >= 11 is 0. The van der Waals surface area contributed by atoms with E-state index in [1.165, 1.54) is 0 Å². The molecule has 0 spiro atoms. The summed E-state index contributed by atoms with van der Waals surface area (Å²) in [5, 5.41) is 5.90. The number of ether oxygens (including phenoxy) is 2. The van der Waals surface area contributed by atoms with E-state index in [9.17, 15) is 4.79 Å². The number of rotatable bonds is 6. The van der Waals surface area contributed by atoms with Crippen molar-refractivity contribution in [2.45, 2.75) is 26.8 Å². The zero-order chi connectivity index (χ0) is 17.7. The minimum atomic E-state index is -0.240. The molecule has 0 saturated heterocycles. The predicted octanol–water partition coefficient (Wildman–Crippen LogP) is 2.68. The van der Waals surface area contributed by atoms with Crippen molar-refractivity contribution in [3.05, 3.63) is 35.7 Å². The number of nitrogens with one attached hydrogen (secondary N) is 2. The topological polar surface area (TPSA) is 85.4 Å². The fraction of sp³-hybridized carbons (Fsp3) is 0.353. The van der Waals surface area contributed by atoms with Crippen LogP contribution in [-0.4, -0.2) is 36.1 Å². The number of benzene rings is 1. The second-order valence-electron chi connectivity index (χ2n) is 5.54. The summed E-state index contributed by atoms with van der Waals surface area (Å²) in [5.41, 5.74) is 1.64. The normalized spacial score (nSPS) is 10.4. The van der Waals surface area contributed by atoms with E-state index in [4.69, 9.17) is 9.47 Å². The van der Waals surface area contributed by atoms with Crippen LogP contribution in [-0.2, 0) is 0 Å². The van der Waals surface area contributed by atoms with Gasteiger partial charge in [-0.2, -0.15) is 0 Å². The van der Waals surface area contributed by atoms with Crippen LogP contribution in [0.3, 0.4) is 0 Å². The third-order valence-electron chi connectivity index (χ3n) is 3.16. The second kappa shape index (κ2) is 7.63. The van der Waals surface area contributed by atoms with Crippen LogP contribution in [0.1, 0.15) is 30.0 Å². The van der Waals surface area contributed by atoms with Crippen molar-refractivity contribution >= 4 is 17.5 Å². The van der Waals surface area contributed by atoms with Crippen molar-refractivity contribution in [3.8, 4) is 11.5 Å². The van der Waals surface area contributed by atoms with Crippen LogP contribution in [0.5, 0.6) is 11.5 Å². The van der Waals surface area contributed by atoms with Gasteiger partial charge in [-0.25, -0.2) is 9.97 Å². The van der Waals surface area contributed by atoms with Crippen LogP contribution in [0.4, 0.5) is 11.6 Å². The second-order valence-corrected chi connectivity index (χ2v) is 5.54. The molecule has 128 valence electrons. The van der Waals surface area contributed by atoms with E-state index in [2.05, 4.69) is 20.6 Å². The highest BCUT2D eigenvalue weighted by Crippen LogP contribution is 2.30. The van der Waals surface area contributed by atoms with Gasteiger partial charge in [0.05, 0.1) is 19.9 Å². The first-order valence-electron chi connectivity index (χ1n) is 7.58. The van der Waals surface area contributed by atoms with Gasteiger partial charge in [-0.15, -0.1) is 0 Å². The summed E-state index contributed by atoms with van der Waals surface area (Å²) < 4.78 is 10.5. The summed E-state index contributed by atoms with van der Waals surface area (Å²) in [4.78, 5) is 20.8. The van der Waals surface area contributed by atoms with Crippen molar-refractivity contribution in [2.75, 3.05) is 19.5 Å². The van der Waals surface area contributed by atoms with E-state index in [-0.39, 0.29) is 11.9 Å². The molecule has 1 heterocycles. The minimum Gasteiger partial charge on any atom is -0.497 e. The average molecular weight is 330 g/mol. The standard InChI is InChI=1S/C17H22N4O3/c1-10(2)18-16(22)14-8-11(3)19-17(21-14)20-13-9-12(23-4)6-7-15(13)24-5/h6-10H,1-5H3,(H,18,22)(H,19,20,21). The fourth-order valence-electron chi connectivity index (χ4n) is 2.11. The van der Waals surface area contributed by atoms with E-state index in [1.807, 2.05) is 20.8 Å². The number of hydrogen-bond acceptors (Lipinski definition) is 6. The summed E-state index contributed by atoms with van der Waals surface area (Å²) in [5.74, 6) is 1.37. The van der Waals surface area contributed by atoms with Gasteiger partial charge in [0.2, 0.25) is 5.95 Å². The molecule has 0 saturated carbocycles. The summed E-state index contributed by atoms with van der Waals surface area (Å²) in [6, 6.07) is 7.03. The molecular formula is C17H22N4O3. The van der Waals surface area contributed by atoms with Crippen LogP contribution < -0.4 is 20.1 Å². The quantitative estimate of drug-likeness (QED) is 0.847. The maximum atomic E-state index is 12.2. The first kappa shape index (κ1) is 17.5. The first-order valence-corrected chi connectivity index (χ1v) is 7.58. The van der Waals surface area contributed by atoms with Gasteiger partial charge in [0.1, 0.15) is 17.2 Å². The molecule has 0 fully saturated rings. The Labute approximate surface area is 141 Å². The molecule has 2 aromatic rings. The Morgan fingerprint density at radius 1 is 1.12 bits per heavy atom. The van der Waals surface area contributed by atoms with Gasteiger partial charge in [0.15, 0.2) is 0 Å². The van der Waals surface area contributed by atoms with Crippen molar-refractivity contribution < 1.29 is 14.3 Å². The summed E-state index contributed by atoms with van der Waals surface area (Å²) in [7, 11) is 3.16. The molecule has 1 aromatic carbocycles. The zero-order valence-electron chi connectivity index (χ0n) is 14.5. The number of aromatic nitrogens is 2. The lowest BCUT2D eigenvalue weighted by Crippen LogP contribution is -2.31. The van der Waals surface area contributed by atoms with Crippen molar-refractivity contribution in [2.24, 2.45) is 0 Å². The number of carbonyl (C=O) groups excluding carboxylic acids is 1. The first-order chi connectivity index (χ1) is 11.4. The van der Waals surface area contributed by atoms with Crippen LogP contribution in [0.2, 0.25) is 0 Å². The highest BCUT2D eigenvalue weighted by molar-refractivity contribution is 5.92. The van der Waals surface area contributed by atoms with E-state index < -0.39 is 0 Å². The lowest BCUT2D eigenvalue weighted by molar-refractivity contribution is 0.0938. The van der Waals surface area contributed by atoms with Gasteiger partial charge >= 0.3 is 0 Å². The van der Waals surface area contributed by atoms with Crippen molar-refractivity contribution in [1.82, 2.24) is 15.3 Å². The molecular weight excluding hydrogens is 308 g/mol. The van der Waals surface area contributed by atoms with Gasteiger partial charge < -0.3 is 20.1 Å². The molecule has 0 aliphatic rings. The van der Waals surface area contributed by atoms with Gasteiger partial charge in [-0.1, -0.05) is 0 Å². The van der Waals surface area contributed by atoms with Gasteiger partial charge in [0.25, 0.3) is 5.91 Å². The number of carbonyl (C=O) groups is 1. The number of nitrogens with zero attached hydrogens (tertiary/aromatic N) is 2. The van der Waals surface area contributed by atoms with Crippen molar-refractivity contribution in [3.63, 3.8) is 0 Å². The van der Waals surface area contributed by atoms with Gasteiger partial charge in [-0.05, 0) is 39.0 Å². The molecule has 24 heavy (non-hydrogen) atoms. The number of amides is 1. The fourth-order valence-corrected chi connectivity index (χ4v) is 2.11. The van der Waals surface area contributed by atoms with E-state index in [0.29, 0.717) is 34.5 Å². The van der Waals surface area contributed by atoms with Crippen LogP contribution in [0.25, 0.3) is 0 Å². The summed E-state index contributed by atoms with van der Waals surface area (Å²) in [6.07, 6.45) is 0. The summed E-state index contributed by atoms with van der Waals surface area (Å²) in [6.45, 7) is 5.60. The van der Waals surface area contributed by atoms with E-state index >= 15 is 0 Å². The number of aryl methyl sites for hydroxylation is 1. The molecule has 0 radical (unpaired) electrons. The molecule has 2 N–H and O–H groups in total.